The first kappa shape index (κ1) is 28.9. The van der Waals surface area contributed by atoms with Gasteiger partial charge in [-0.15, -0.1) is 0 Å². The van der Waals surface area contributed by atoms with Gasteiger partial charge in [0, 0.05) is 44.0 Å². The number of rotatable bonds is 2. The number of Topliss-reactive ketones (excluding diaryl/α,β-unsaturated/α-hetero) is 1. The van der Waals surface area contributed by atoms with Crippen LogP contribution in [0.5, 0.6) is 11.5 Å². The number of nitrogens with zero attached hydrogens (tertiary/aromatic N) is 3. The van der Waals surface area contributed by atoms with E-state index in [9.17, 15) is 19.8 Å². The number of phenolic OH excluding ortho intramolecular Hbond substituents is 2. The first-order chi connectivity index (χ1) is 16.7. The molecule has 3 N–H and O–H groups in total. The number of amides is 2. The van der Waals surface area contributed by atoms with Crippen LogP contribution in [0.2, 0.25) is 0 Å². The smallest absolute Gasteiger partial charge is 0.321 e. The van der Waals surface area contributed by atoms with Crippen molar-refractivity contribution < 1.29 is 19.8 Å². The zero-order valence-electron chi connectivity index (χ0n) is 22.1. The summed E-state index contributed by atoms with van der Waals surface area (Å²) < 4.78 is 0. The highest BCUT2D eigenvalue weighted by molar-refractivity contribution is 5.89. The van der Waals surface area contributed by atoms with Crippen LogP contribution in [0.1, 0.15) is 65.7 Å². The molecule has 2 amide bonds. The number of carbonyl (C=O) groups excluding carboxylic acids is 2. The molecule has 1 aliphatic carbocycles. The van der Waals surface area contributed by atoms with Crippen molar-refractivity contribution in [3.05, 3.63) is 18.2 Å². The number of piperazine rings is 1. The van der Waals surface area contributed by atoms with Gasteiger partial charge in [0.2, 0.25) is 0 Å². The molecule has 1 saturated carbocycles. The van der Waals surface area contributed by atoms with E-state index in [-0.39, 0.29) is 23.3 Å². The minimum atomic E-state index is -0.244. The van der Waals surface area contributed by atoms with Gasteiger partial charge in [-0.05, 0) is 90.6 Å². The van der Waals surface area contributed by atoms with E-state index in [1.807, 2.05) is 7.05 Å². The van der Waals surface area contributed by atoms with Gasteiger partial charge in [-0.2, -0.15) is 0 Å². The summed E-state index contributed by atoms with van der Waals surface area (Å²) in [7, 11) is 2.02. The van der Waals surface area contributed by atoms with Crippen molar-refractivity contribution in [3.8, 4) is 11.5 Å². The lowest BCUT2D eigenvalue weighted by Gasteiger charge is -2.38. The fourth-order valence-corrected chi connectivity index (χ4v) is 4.70. The maximum Gasteiger partial charge on any atom is 0.321 e. The van der Waals surface area contributed by atoms with Crippen molar-refractivity contribution in [2.75, 3.05) is 51.6 Å². The van der Waals surface area contributed by atoms with Gasteiger partial charge in [-0.1, -0.05) is 13.3 Å². The van der Waals surface area contributed by atoms with Crippen LogP contribution in [0.3, 0.4) is 0 Å². The summed E-state index contributed by atoms with van der Waals surface area (Å²) in [6, 6.07) is 4.98. The van der Waals surface area contributed by atoms with Gasteiger partial charge in [-0.25, -0.2) is 4.79 Å². The summed E-state index contributed by atoms with van der Waals surface area (Å²) in [6.07, 6.45) is 10.3. The third kappa shape index (κ3) is 10.9. The molecule has 3 fully saturated rings. The number of benzene rings is 1. The highest BCUT2D eigenvalue weighted by atomic mass is 16.3. The molecular weight excluding hydrogens is 444 g/mol. The van der Waals surface area contributed by atoms with E-state index in [1.54, 1.807) is 11.0 Å². The lowest BCUT2D eigenvalue weighted by molar-refractivity contribution is -0.115. The standard InChI is InChI=1S/C12H17N3O3.C12H23N.C3H6O/c1-14-4-6-15(7-5-14)12(18)13-9-2-3-10(16)11(17)8-9;1-11-5-7-12(8-6-11)13-9-3-2-4-10-13;1-3(2)4/h2-3,8,16-17H,4-7H2,1H3,(H,13,18);11-12H,2-10H2,1H3;1-2H3. The Morgan fingerprint density at radius 2 is 1.43 bits per heavy atom. The number of hydrogen-bond donors (Lipinski definition) is 3. The molecule has 0 unspecified atom stereocenters. The molecule has 8 nitrogen and oxygen atoms in total. The predicted molar refractivity (Wildman–Crippen MR) is 141 cm³/mol. The molecule has 1 aromatic rings. The van der Waals surface area contributed by atoms with Gasteiger partial charge in [0.15, 0.2) is 11.5 Å². The Hall–Kier alpha value is -2.32. The van der Waals surface area contributed by atoms with Gasteiger partial charge in [0.05, 0.1) is 0 Å². The molecule has 0 spiro atoms. The number of aromatic hydroxyl groups is 2. The number of carbonyl (C=O) groups is 2. The summed E-state index contributed by atoms with van der Waals surface area (Å²) in [5.74, 6) is 0.722. The average molecular weight is 491 g/mol. The molecule has 2 heterocycles. The summed E-state index contributed by atoms with van der Waals surface area (Å²) in [4.78, 5) is 28.0. The normalized spacial score (nSPS) is 23.3. The van der Waals surface area contributed by atoms with Crippen LogP contribution >= 0.6 is 0 Å². The molecular formula is C27H46N4O4. The molecule has 8 heteroatoms. The van der Waals surface area contributed by atoms with E-state index < -0.39 is 0 Å². The number of urea groups is 1. The van der Waals surface area contributed by atoms with Crippen LogP contribution in [-0.4, -0.2) is 89.1 Å². The van der Waals surface area contributed by atoms with E-state index in [0.717, 1.165) is 25.0 Å². The van der Waals surface area contributed by atoms with E-state index in [1.165, 1.54) is 84.0 Å². The number of likely N-dealkylation sites (N-methyl/N-ethyl adjacent to an activating group) is 1. The summed E-state index contributed by atoms with van der Waals surface area (Å²) in [6.45, 7) is 11.3. The molecule has 35 heavy (non-hydrogen) atoms. The Morgan fingerprint density at radius 1 is 0.857 bits per heavy atom. The van der Waals surface area contributed by atoms with Crippen molar-refractivity contribution >= 4 is 17.5 Å². The second kappa shape index (κ2) is 14.9. The van der Waals surface area contributed by atoms with Crippen LogP contribution in [0.4, 0.5) is 10.5 Å². The van der Waals surface area contributed by atoms with Gasteiger partial charge in [-0.3, -0.25) is 0 Å². The quantitative estimate of drug-likeness (QED) is 0.417. The number of phenols is 2. The Bertz CT molecular complexity index is 777. The van der Waals surface area contributed by atoms with Crippen LogP contribution in [0.15, 0.2) is 18.2 Å². The fourth-order valence-electron chi connectivity index (χ4n) is 4.70. The maximum atomic E-state index is 11.9. The Morgan fingerprint density at radius 3 is 1.97 bits per heavy atom. The highest BCUT2D eigenvalue weighted by Crippen LogP contribution is 2.29. The fraction of sp³-hybridized carbons (Fsp3) is 0.704. The molecule has 3 aliphatic rings. The zero-order valence-corrected chi connectivity index (χ0v) is 22.1. The van der Waals surface area contributed by atoms with E-state index in [4.69, 9.17) is 0 Å². The van der Waals surface area contributed by atoms with E-state index >= 15 is 0 Å². The van der Waals surface area contributed by atoms with Crippen molar-refractivity contribution in [1.29, 1.82) is 0 Å². The van der Waals surface area contributed by atoms with Gasteiger partial charge in [0.25, 0.3) is 0 Å². The Labute approximate surface area is 211 Å². The number of anilines is 1. The molecule has 0 aromatic heterocycles. The van der Waals surface area contributed by atoms with Gasteiger partial charge >= 0.3 is 6.03 Å². The second-order valence-corrected chi connectivity index (χ2v) is 10.3. The maximum absolute atomic E-state index is 11.9. The van der Waals surface area contributed by atoms with Gasteiger partial charge in [0.1, 0.15) is 5.78 Å². The third-order valence-electron chi connectivity index (χ3n) is 6.91. The summed E-state index contributed by atoms with van der Waals surface area (Å²) in [5, 5.41) is 21.2. The van der Waals surface area contributed by atoms with Crippen LogP contribution in [0, 0.1) is 5.92 Å². The summed E-state index contributed by atoms with van der Waals surface area (Å²) in [5.41, 5.74) is 0.467. The lowest BCUT2D eigenvalue weighted by Crippen LogP contribution is -2.48. The molecule has 198 valence electrons. The third-order valence-corrected chi connectivity index (χ3v) is 6.91. The highest BCUT2D eigenvalue weighted by Gasteiger charge is 2.24. The van der Waals surface area contributed by atoms with Gasteiger partial charge < -0.3 is 35.0 Å². The lowest BCUT2D eigenvalue weighted by atomic mass is 9.86. The number of hydrogen-bond acceptors (Lipinski definition) is 6. The summed E-state index contributed by atoms with van der Waals surface area (Å²) >= 11 is 0. The molecule has 0 bridgehead atoms. The SMILES string of the molecule is CC(C)=O.CC1CCC(N2CCCCC2)CC1.CN1CCN(C(=O)Nc2ccc(O)c(O)c2)CC1. The Balaban J connectivity index is 0.000000222. The monoisotopic (exact) mass is 490 g/mol. The minimum absolute atomic E-state index is 0.167. The molecule has 1 aromatic carbocycles. The minimum Gasteiger partial charge on any atom is -0.504 e. The number of likely N-dealkylation sites (tertiary alicyclic amines) is 1. The molecule has 4 rings (SSSR count). The molecule has 0 atom stereocenters. The molecule has 0 radical (unpaired) electrons. The van der Waals surface area contributed by atoms with Crippen LogP contribution in [0.25, 0.3) is 0 Å². The first-order valence-corrected chi connectivity index (χ1v) is 13.1. The van der Waals surface area contributed by atoms with Crippen LogP contribution in [-0.2, 0) is 4.79 Å². The predicted octanol–water partition coefficient (Wildman–Crippen LogP) is 4.52. The van der Waals surface area contributed by atoms with Crippen LogP contribution < -0.4 is 5.32 Å². The van der Waals surface area contributed by atoms with Crippen molar-refractivity contribution in [2.45, 2.75) is 71.8 Å². The largest absolute Gasteiger partial charge is 0.504 e. The van der Waals surface area contributed by atoms with E-state index in [0.29, 0.717) is 18.8 Å². The molecule has 2 saturated heterocycles. The van der Waals surface area contributed by atoms with Crippen molar-refractivity contribution in [1.82, 2.24) is 14.7 Å². The van der Waals surface area contributed by atoms with Crippen molar-refractivity contribution in [3.63, 3.8) is 0 Å². The number of piperidine rings is 1. The van der Waals surface area contributed by atoms with Crippen molar-refractivity contribution in [2.24, 2.45) is 5.92 Å². The first-order valence-electron chi connectivity index (χ1n) is 13.1. The van der Waals surface area contributed by atoms with E-state index in [2.05, 4.69) is 22.0 Å². The average Bonchev–Trinajstić information content (AvgIpc) is 2.83. The molecule has 2 aliphatic heterocycles. The Kier molecular flexibility index (Phi) is 12.3. The number of ketones is 1. The topological polar surface area (TPSA) is 96.4 Å². The number of nitrogens with one attached hydrogen (secondary N) is 1. The second-order valence-electron chi connectivity index (χ2n) is 10.3. The zero-order chi connectivity index (χ0) is 25.8.